The van der Waals surface area contributed by atoms with Crippen molar-refractivity contribution < 1.29 is 4.74 Å². The van der Waals surface area contributed by atoms with E-state index in [1.807, 2.05) is 48.6 Å². The highest BCUT2D eigenvalue weighted by molar-refractivity contribution is 7.98. The fourth-order valence-electron chi connectivity index (χ4n) is 3.48. The summed E-state index contributed by atoms with van der Waals surface area (Å²) in [5.41, 5.74) is 3.32. The lowest BCUT2D eigenvalue weighted by atomic mass is 10.1. The van der Waals surface area contributed by atoms with Crippen LogP contribution in [0.1, 0.15) is 31.4 Å². The van der Waals surface area contributed by atoms with E-state index in [-0.39, 0.29) is 11.7 Å². The Hall–Kier alpha value is -2.64. The van der Waals surface area contributed by atoms with E-state index in [9.17, 15) is 4.79 Å². The number of fused-ring (bicyclic) bond motifs is 3. The molecule has 0 amide bonds. The summed E-state index contributed by atoms with van der Waals surface area (Å²) in [6.07, 6.45) is 0.917. The third-order valence-electron chi connectivity index (χ3n) is 5.07. The number of aryl methyl sites for hydroxylation is 2. The zero-order valence-corrected chi connectivity index (χ0v) is 18.4. The lowest BCUT2D eigenvalue weighted by molar-refractivity contribution is 0.0748. The number of aromatic nitrogens is 4. The normalized spacial score (nSPS) is 11.7. The molecule has 4 rings (SSSR count). The minimum atomic E-state index is -0.0366. The highest BCUT2D eigenvalue weighted by Gasteiger charge is 2.17. The van der Waals surface area contributed by atoms with Crippen LogP contribution >= 0.6 is 11.8 Å². The Labute approximate surface area is 179 Å². The van der Waals surface area contributed by atoms with Crippen LogP contribution in [0.2, 0.25) is 0 Å². The van der Waals surface area contributed by atoms with E-state index in [0.717, 1.165) is 22.8 Å². The molecule has 0 aliphatic carbocycles. The molecule has 0 atom stereocenters. The number of nitrogens with zero attached hydrogens (tertiary/aromatic N) is 4. The molecular formula is C23H26N4O2S. The molecule has 0 fully saturated rings. The van der Waals surface area contributed by atoms with Crippen LogP contribution in [-0.2, 0) is 17.0 Å². The molecule has 0 unspecified atom stereocenters. The first-order valence-electron chi connectivity index (χ1n) is 10.2. The Kier molecular flexibility index (Phi) is 6.20. The molecule has 4 aromatic rings. The second-order valence-corrected chi connectivity index (χ2v) is 8.52. The summed E-state index contributed by atoms with van der Waals surface area (Å²) in [7, 11) is 0. The summed E-state index contributed by atoms with van der Waals surface area (Å²) in [5.74, 6) is 1.37. The van der Waals surface area contributed by atoms with Crippen molar-refractivity contribution in [2.75, 3.05) is 6.61 Å². The maximum absolute atomic E-state index is 13.1. The summed E-state index contributed by atoms with van der Waals surface area (Å²) in [4.78, 5) is 13.1. The zero-order valence-electron chi connectivity index (χ0n) is 17.5. The largest absolute Gasteiger partial charge is 0.379 e. The zero-order chi connectivity index (χ0) is 21.1. The van der Waals surface area contributed by atoms with E-state index in [0.29, 0.717) is 24.3 Å². The van der Waals surface area contributed by atoms with Gasteiger partial charge in [-0.3, -0.25) is 13.8 Å². The molecule has 0 bridgehead atoms. The fraction of sp³-hybridized carbons (Fsp3) is 0.348. The number of thioether (sulfide) groups is 1. The van der Waals surface area contributed by atoms with Crippen LogP contribution < -0.4 is 5.56 Å². The smallest absolute Gasteiger partial charge is 0.262 e. The monoisotopic (exact) mass is 422 g/mol. The van der Waals surface area contributed by atoms with Crippen LogP contribution in [0.5, 0.6) is 0 Å². The maximum atomic E-state index is 13.1. The van der Waals surface area contributed by atoms with Gasteiger partial charge < -0.3 is 4.74 Å². The standard InChI is InChI=1S/C23H26N4O2S/c1-16(2)29-14-8-13-26-21(28)19-11-6-7-12-20(19)27-22(26)24-25-23(27)30-15-18-10-5-4-9-17(18)3/h4-7,9-12,16H,8,13-15H2,1-3H3. The summed E-state index contributed by atoms with van der Waals surface area (Å²) in [5, 5.41) is 10.3. The lowest BCUT2D eigenvalue weighted by Crippen LogP contribution is -2.24. The predicted octanol–water partition coefficient (Wildman–Crippen LogP) is 4.46. The van der Waals surface area contributed by atoms with Gasteiger partial charge in [0.1, 0.15) is 0 Å². The highest BCUT2D eigenvalue weighted by Crippen LogP contribution is 2.25. The topological polar surface area (TPSA) is 61.4 Å². The molecule has 2 aromatic carbocycles. The van der Waals surface area contributed by atoms with E-state index >= 15 is 0 Å². The molecule has 0 aliphatic rings. The minimum Gasteiger partial charge on any atom is -0.379 e. The minimum absolute atomic E-state index is 0.0366. The SMILES string of the molecule is Cc1ccccc1CSc1nnc2n(CCCOC(C)C)c(=O)c3ccccc3n12. The van der Waals surface area contributed by atoms with Crippen LogP contribution in [0.4, 0.5) is 0 Å². The van der Waals surface area contributed by atoms with Crippen molar-refractivity contribution in [3.63, 3.8) is 0 Å². The Bertz CT molecular complexity index is 1230. The van der Waals surface area contributed by atoms with Crippen molar-refractivity contribution in [2.45, 2.75) is 50.8 Å². The molecule has 0 N–H and O–H groups in total. The van der Waals surface area contributed by atoms with Gasteiger partial charge in [0, 0.05) is 18.9 Å². The molecule has 7 heteroatoms. The van der Waals surface area contributed by atoms with E-state index in [4.69, 9.17) is 4.74 Å². The number of para-hydroxylation sites is 1. The Morgan fingerprint density at radius 3 is 2.63 bits per heavy atom. The molecule has 0 radical (unpaired) electrons. The van der Waals surface area contributed by atoms with Gasteiger partial charge in [-0.15, -0.1) is 10.2 Å². The molecule has 30 heavy (non-hydrogen) atoms. The van der Waals surface area contributed by atoms with Gasteiger partial charge in [-0.25, -0.2) is 0 Å². The number of hydrogen-bond acceptors (Lipinski definition) is 5. The van der Waals surface area contributed by atoms with Gasteiger partial charge in [-0.1, -0.05) is 48.2 Å². The van der Waals surface area contributed by atoms with Crippen molar-refractivity contribution in [3.05, 3.63) is 70.0 Å². The Morgan fingerprint density at radius 2 is 1.83 bits per heavy atom. The summed E-state index contributed by atoms with van der Waals surface area (Å²) in [6.45, 7) is 7.28. The van der Waals surface area contributed by atoms with Gasteiger partial charge in [0.15, 0.2) is 5.16 Å². The molecule has 0 aliphatic heterocycles. The average Bonchev–Trinajstić information content (AvgIpc) is 3.16. The van der Waals surface area contributed by atoms with Gasteiger partial charge in [-0.2, -0.15) is 0 Å². The van der Waals surface area contributed by atoms with Crippen LogP contribution in [0.25, 0.3) is 16.7 Å². The van der Waals surface area contributed by atoms with Gasteiger partial charge in [0.2, 0.25) is 5.78 Å². The Balaban J connectivity index is 1.72. The van der Waals surface area contributed by atoms with Crippen LogP contribution in [0.3, 0.4) is 0 Å². The molecule has 0 saturated carbocycles. The van der Waals surface area contributed by atoms with Crippen molar-refractivity contribution in [1.82, 2.24) is 19.2 Å². The van der Waals surface area contributed by atoms with Crippen molar-refractivity contribution in [3.8, 4) is 0 Å². The van der Waals surface area contributed by atoms with Gasteiger partial charge in [0.25, 0.3) is 5.56 Å². The average molecular weight is 423 g/mol. The first kappa shape index (κ1) is 20.6. The highest BCUT2D eigenvalue weighted by atomic mass is 32.2. The van der Waals surface area contributed by atoms with Gasteiger partial charge in [-0.05, 0) is 50.5 Å². The number of benzene rings is 2. The molecule has 0 saturated heterocycles. The number of rotatable bonds is 8. The van der Waals surface area contributed by atoms with E-state index in [2.05, 4.69) is 35.3 Å². The van der Waals surface area contributed by atoms with E-state index in [1.165, 1.54) is 11.1 Å². The fourth-order valence-corrected chi connectivity index (χ4v) is 4.50. The third-order valence-corrected chi connectivity index (χ3v) is 6.05. The molecular weight excluding hydrogens is 396 g/mol. The van der Waals surface area contributed by atoms with Crippen molar-refractivity contribution in [1.29, 1.82) is 0 Å². The van der Waals surface area contributed by atoms with Gasteiger partial charge >= 0.3 is 0 Å². The number of hydrogen-bond donors (Lipinski definition) is 0. The van der Waals surface area contributed by atoms with Crippen molar-refractivity contribution in [2.24, 2.45) is 0 Å². The lowest BCUT2D eigenvalue weighted by Gasteiger charge is -2.12. The summed E-state index contributed by atoms with van der Waals surface area (Å²) >= 11 is 1.63. The summed E-state index contributed by atoms with van der Waals surface area (Å²) in [6, 6.07) is 16.0. The van der Waals surface area contributed by atoms with Crippen LogP contribution in [-0.4, -0.2) is 31.9 Å². The maximum Gasteiger partial charge on any atom is 0.262 e. The van der Waals surface area contributed by atoms with Crippen LogP contribution in [0, 0.1) is 6.92 Å². The van der Waals surface area contributed by atoms with Crippen molar-refractivity contribution >= 4 is 28.4 Å². The summed E-state index contributed by atoms with van der Waals surface area (Å²) < 4.78 is 9.37. The quantitative estimate of drug-likeness (QED) is 0.310. The molecule has 156 valence electrons. The van der Waals surface area contributed by atoms with Gasteiger partial charge in [0.05, 0.1) is 17.0 Å². The molecule has 0 spiro atoms. The van der Waals surface area contributed by atoms with E-state index in [1.54, 1.807) is 16.3 Å². The first-order chi connectivity index (χ1) is 14.6. The second-order valence-electron chi connectivity index (χ2n) is 7.58. The molecule has 2 aromatic heterocycles. The molecule has 6 nitrogen and oxygen atoms in total. The number of ether oxygens (including phenoxy) is 1. The second kappa shape index (κ2) is 9.02. The molecule has 2 heterocycles. The Morgan fingerprint density at radius 1 is 1.07 bits per heavy atom. The third kappa shape index (κ3) is 4.13. The van der Waals surface area contributed by atoms with E-state index < -0.39 is 0 Å². The van der Waals surface area contributed by atoms with Crippen LogP contribution in [0.15, 0.2) is 58.5 Å². The first-order valence-corrected chi connectivity index (χ1v) is 11.2. The predicted molar refractivity (Wildman–Crippen MR) is 121 cm³/mol.